The number of likely N-dealkylation sites (tertiary alicyclic amines) is 1. The van der Waals surface area contributed by atoms with Crippen LogP contribution in [0.15, 0.2) is 30.9 Å². The van der Waals surface area contributed by atoms with Crippen LogP contribution in [0, 0.1) is 11.7 Å². The Bertz CT molecular complexity index is 1240. The predicted octanol–water partition coefficient (Wildman–Crippen LogP) is 0.417. The van der Waals surface area contributed by atoms with Crippen molar-refractivity contribution in [1.29, 1.82) is 0 Å². The highest BCUT2D eigenvalue weighted by molar-refractivity contribution is 5.97. The maximum Gasteiger partial charge on any atom is 0.410 e. The molecule has 3 aliphatic heterocycles. The van der Waals surface area contributed by atoms with E-state index in [-0.39, 0.29) is 39.0 Å². The largest absolute Gasteiger partial charge is 0.479 e. The van der Waals surface area contributed by atoms with E-state index in [2.05, 4.69) is 17.2 Å². The van der Waals surface area contributed by atoms with Crippen LogP contribution in [-0.4, -0.2) is 93.6 Å². The van der Waals surface area contributed by atoms with Crippen molar-refractivity contribution in [2.24, 2.45) is 5.92 Å². The number of rotatable bonds is 6. The molecule has 3 fully saturated rings. The standard InChI is InChI=1S/C25H28FN5O7/c1-3-14-8-25(14,22(34)35)28-20(32)19-7-15(10-31(19)21(33)18-12-29(2)23(36)27-18)38-24(37)30-9-13-5-4-6-17(26)16(13)11-30/h3-6,14-15,18-19H,1,7-12H2,2H3,(H,27,36)(H,28,32)(H,34,35)/t14-,15-,18+,19+,25-/m1/s1. The maximum absolute atomic E-state index is 14.1. The van der Waals surface area contributed by atoms with Crippen LogP contribution >= 0.6 is 0 Å². The molecule has 38 heavy (non-hydrogen) atoms. The van der Waals surface area contributed by atoms with Crippen LogP contribution in [0.4, 0.5) is 14.0 Å². The van der Waals surface area contributed by atoms with Gasteiger partial charge in [0.15, 0.2) is 0 Å². The molecule has 5 rings (SSSR count). The Labute approximate surface area is 217 Å². The number of carbonyl (C=O) groups is 5. The molecule has 1 aliphatic carbocycles. The van der Waals surface area contributed by atoms with Gasteiger partial charge in [-0.2, -0.15) is 0 Å². The number of ether oxygens (including phenoxy) is 1. The summed E-state index contributed by atoms with van der Waals surface area (Å²) in [5.41, 5.74) is -0.426. The SMILES string of the molecule is C=C[C@@H]1C[C@]1(NC(=O)[C@@H]1C[C@@H](OC(=O)N2Cc3cccc(F)c3C2)CN1C(=O)[C@@H]1CN(C)C(=O)N1)C(=O)O. The molecule has 1 saturated carbocycles. The van der Waals surface area contributed by atoms with E-state index in [1.54, 1.807) is 12.1 Å². The van der Waals surface area contributed by atoms with Gasteiger partial charge in [-0.15, -0.1) is 6.58 Å². The fraction of sp³-hybridized carbons (Fsp3) is 0.480. The maximum atomic E-state index is 14.1. The number of carbonyl (C=O) groups excluding carboxylic acids is 4. The van der Waals surface area contributed by atoms with Crippen LogP contribution in [0.5, 0.6) is 0 Å². The van der Waals surface area contributed by atoms with E-state index in [1.165, 1.54) is 33.9 Å². The second kappa shape index (κ2) is 9.30. The molecule has 12 nitrogen and oxygen atoms in total. The highest BCUT2D eigenvalue weighted by Crippen LogP contribution is 2.45. The number of amides is 5. The van der Waals surface area contributed by atoms with E-state index < -0.39 is 65.4 Å². The van der Waals surface area contributed by atoms with Crippen molar-refractivity contribution >= 4 is 29.9 Å². The molecular formula is C25H28FN5O7. The number of nitrogens with zero attached hydrogens (tertiary/aromatic N) is 3. The van der Waals surface area contributed by atoms with Gasteiger partial charge < -0.3 is 30.3 Å². The van der Waals surface area contributed by atoms with Crippen LogP contribution in [0.2, 0.25) is 0 Å². The Hall–Kier alpha value is -4.16. The number of halogens is 1. The number of hydrogen-bond acceptors (Lipinski definition) is 6. The van der Waals surface area contributed by atoms with E-state index in [0.717, 1.165) is 0 Å². The van der Waals surface area contributed by atoms with E-state index in [4.69, 9.17) is 4.74 Å². The minimum Gasteiger partial charge on any atom is -0.479 e. The summed E-state index contributed by atoms with van der Waals surface area (Å²) in [4.78, 5) is 67.2. The van der Waals surface area contributed by atoms with Gasteiger partial charge in [0, 0.05) is 31.5 Å². The zero-order chi connectivity index (χ0) is 27.4. The Morgan fingerprint density at radius 2 is 2.03 bits per heavy atom. The zero-order valence-electron chi connectivity index (χ0n) is 20.7. The van der Waals surface area contributed by atoms with Gasteiger partial charge in [0.05, 0.1) is 19.6 Å². The normalized spacial score (nSPS) is 29.5. The lowest BCUT2D eigenvalue weighted by atomic mass is 10.1. The van der Waals surface area contributed by atoms with Gasteiger partial charge in [0.2, 0.25) is 11.8 Å². The zero-order valence-corrected chi connectivity index (χ0v) is 20.7. The lowest BCUT2D eigenvalue weighted by Crippen LogP contribution is -2.55. The first-order chi connectivity index (χ1) is 18.0. The van der Waals surface area contributed by atoms with Crippen molar-refractivity contribution < 1.29 is 38.2 Å². The third kappa shape index (κ3) is 4.31. The van der Waals surface area contributed by atoms with E-state index in [9.17, 15) is 33.5 Å². The van der Waals surface area contributed by atoms with Gasteiger partial charge in [-0.05, 0) is 18.1 Å². The molecular weight excluding hydrogens is 501 g/mol. The summed E-state index contributed by atoms with van der Waals surface area (Å²) in [6.45, 7) is 3.76. The smallest absolute Gasteiger partial charge is 0.410 e. The van der Waals surface area contributed by atoms with Crippen LogP contribution in [0.25, 0.3) is 0 Å². The Morgan fingerprint density at radius 1 is 1.26 bits per heavy atom. The number of benzene rings is 1. The fourth-order valence-electron chi connectivity index (χ4n) is 5.42. The highest BCUT2D eigenvalue weighted by Gasteiger charge is 2.61. The van der Waals surface area contributed by atoms with Gasteiger partial charge in [-0.25, -0.2) is 18.8 Å². The van der Waals surface area contributed by atoms with Crippen molar-refractivity contribution in [3.8, 4) is 0 Å². The summed E-state index contributed by atoms with van der Waals surface area (Å²) in [7, 11) is 1.53. The lowest BCUT2D eigenvalue weighted by Gasteiger charge is -2.27. The number of aliphatic carboxylic acids is 1. The van der Waals surface area contributed by atoms with E-state index >= 15 is 0 Å². The van der Waals surface area contributed by atoms with Gasteiger partial charge in [0.1, 0.15) is 29.5 Å². The molecule has 5 amide bonds. The molecule has 0 spiro atoms. The summed E-state index contributed by atoms with van der Waals surface area (Å²) < 4.78 is 19.7. The molecule has 1 aromatic carbocycles. The van der Waals surface area contributed by atoms with Crippen molar-refractivity contribution in [2.45, 2.75) is 49.7 Å². The molecule has 5 atom stereocenters. The quantitative estimate of drug-likeness (QED) is 0.452. The second-order valence-corrected chi connectivity index (χ2v) is 10.2. The van der Waals surface area contributed by atoms with Crippen LogP contribution in [0.3, 0.4) is 0 Å². The molecule has 0 radical (unpaired) electrons. The molecule has 2 saturated heterocycles. The second-order valence-electron chi connectivity index (χ2n) is 10.2. The number of fused-ring (bicyclic) bond motifs is 1. The third-order valence-electron chi connectivity index (χ3n) is 7.73. The number of carboxylic acids is 1. The topological polar surface area (TPSA) is 149 Å². The number of likely N-dealkylation sites (N-methyl/N-ethyl adjacent to an activating group) is 1. The van der Waals surface area contributed by atoms with Crippen molar-refractivity contribution in [2.75, 3.05) is 20.1 Å². The summed E-state index contributed by atoms with van der Waals surface area (Å²) in [6.07, 6.45) is -0.0304. The van der Waals surface area contributed by atoms with Crippen molar-refractivity contribution in [3.63, 3.8) is 0 Å². The number of nitrogens with one attached hydrogen (secondary N) is 2. The first-order valence-corrected chi connectivity index (χ1v) is 12.3. The fourth-order valence-corrected chi connectivity index (χ4v) is 5.42. The lowest BCUT2D eigenvalue weighted by molar-refractivity contribution is -0.145. The third-order valence-corrected chi connectivity index (χ3v) is 7.73. The molecule has 13 heteroatoms. The highest BCUT2D eigenvalue weighted by atomic mass is 19.1. The van der Waals surface area contributed by atoms with Crippen molar-refractivity contribution in [1.82, 2.24) is 25.3 Å². The Morgan fingerprint density at radius 3 is 2.63 bits per heavy atom. The first-order valence-electron chi connectivity index (χ1n) is 12.3. The molecule has 3 N–H and O–H groups in total. The van der Waals surface area contributed by atoms with Gasteiger partial charge >= 0.3 is 18.1 Å². The minimum atomic E-state index is -1.50. The number of hydrogen-bond donors (Lipinski definition) is 3. The Kier molecular flexibility index (Phi) is 6.24. The van der Waals surface area contributed by atoms with Gasteiger partial charge in [-0.3, -0.25) is 14.5 Å². The molecule has 0 aromatic heterocycles. The molecule has 3 heterocycles. The summed E-state index contributed by atoms with van der Waals surface area (Å²) in [5.74, 6) is -3.32. The van der Waals surface area contributed by atoms with Crippen LogP contribution < -0.4 is 10.6 Å². The summed E-state index contributed by atoms with van der Waals surface area (Å²) >= 11 is 0. The number of carboxylic acid groups (broad SMARTS) is 1. The molecule has 202 valence electrons. The first kappa shape index (κ1) is 25.5. The van der Waals surface area contributed by atoms with Crippen LogP contribution in [-0.2, 0) is 32.2 Å². The predicted molar refractivity (Wildman–Crippen MR) is 128 cm³/mol. The van der Waals surface area contributed by atoms with E-state index in [1.807, 2.05) is 0 Å². The number of urea groups is 1. The van der Waals surface area contributed by atoms with E-state index in [0.29, 0.717) is 11.1 Å². The monoisotopic (exact) mass is 529 g/mol. The molecule has 1 aromatic rings. The summed E-state index contributed by atoms with van der Waals surface area (Å²) in [5, 5.41) is 14.8. The van der Waals surface area contributed by atoms with Crippen LogP contribution in [0.1, 0.15) is 24.0 Å². The minimum absolute atomic E-state index is 0.0324. The molecule has 0 bridgehead atoms. The summed E-state index contributed by atoms with van der Waals surface area (Å²) in [6, 6.07) is 2.12. The van der Waals surface area contributed by atoms with Gasteiger partial charge in [0.25, 0.3) is 0 Å². The molecule has 4 aliphatic rings. The average molecular weight is 530 g/mol. The Balaban J connectivity index is 1.31. The van der Waals surface area contributed by atoms with Gasteiger partial charge in [-0.1, -0.05) is 18.2 Å². The molecule has 0 unspecified atom stereocenters. The van der Waals surface area contributed by atoms with Crippen molar-refractivity contribution in [3.05, 3.63) is 47.8 Å². The average Bonchev–Trinajstić information content (AvgIpc) is 3.18.